The Morgan fingerprint density at radius 1 is 1.22 bits per heavy atom. The number of carboxylic acids is 1. The van der Waals surface area contributed by atoms with Gasteiger partial charge in [-0.25, -0.2) is 0 Å². The van der Waals surface area contributed by atoms with Gasteiger partial charge in [0.25, 0.3) is 0 Å². The number of carboxylic acid groups (broad SMARTS) is 1. The number of aliphatic carboxylic acids is 1. The van der Waals surface area contributed by atoms with Crippen LogP contribution in [0, 0.1) is 0 Å². The lowest BCUT2D eigenvalue weighted by Gasteiger charge is -2.16. The summed E-state index contributed by atoms with van der Waals surface area (Å²) in [6.07, 6.45) is -0.187. The van der Waals surface area contributed by atoms with E-state index in [9.17, 15) is 19.2 Å². The highest BCUT2D eigenvalue weighted by Gasteiger charge is 2.21. The summed E-state index contributed by atoms with van der Waals surface area (Å²) in [5.74, 6) is -2.88. The van der Waals surface area contributed by atoms with Crippen LogP contribution in [0.3, 0.4) is 0 Å². The van der Waals surface area contributed by atoms with Crippen LogP contribution < -0.4 is 16.4 Å². The standard InChI is InChI=1S/C12H21N3O6S.H2O4S/c1-2-21-10(17)5-14-11(18)8(6-22)15-9(16)4-3-7(13)12(19)20;1-5(2,3)4/h7-8,22H,2-6,13H2,1H3,(H,14,18)(H,15,16)(H,19,20);(H2,1,2,3,4). The molecule has 0 aromatic heterocycles. The van der Waals surface area contributed by atoms with E-state index >= 15 is 0 Å². The molecule has 0 aromatic carbocycles. The summed E-state index contributed by atoms with van der Waals surface area (Å²) in [5, 5.41) is 13.3. The molecule has 158 valence electrons. The fourth-order valence-electron chi connectivity index (χ4n) is 1.37. The van der Waals surface area contributed by atoms with E-state index in [1.54, 1.807) is 6.92 Å². The summed E-state index contributed by atoms with van der Waals surface area (Å²) in [6.45, 7) is 1.53. The molecule has 0 saturated carbocycles. The first-order chi connectivity index (χ1) is 12.3. The molecule has 27 heavy (non-hydrogen) atoms. The van der Waals surface area contributed by atoms with Gasteiger partial charge in [0, 0.05) is 12.2 Å². The Bertz CT molecular complexity index is 603. The third-order valence-electron chi connectivity index (χ3n) is 2.55. The number of ether oxygens (including phenoxy) is 1. The van der Waals surface area contributed by atoms with Gasteiger partial charge in [-0.3, -0.25) is 28.3 Å². The molecule has 0 aromatic rings. The second kappa shape index (κ2) is 14.2. The van der Waals surface area contributed by atoms with Crippen molar-refractivity contribution in [3.63, 3.8) is 0 Å². The van der Waals surface area contributed by atoms with Crippen LogP contribution in [0.4, 0.5) is 0 Å². The molecule has 0 fully saturated rings. The molecule has 2 unspecified atom stereocenters. The predicted octanol–water partition coefficient (Wildman–Crippen LogP) is -2.38. The van der Waals surface area contributed by atoms with Crippen LogP contribution in [0.15, 0.2) is 0 Å². The number of thiol groups is 1. The Kier molecular flexibility index (Phi) is 14.3. The van der Waals surface area contributed by atoms with Crippen molar-refractivity contribution in [1.82, 2.24) is 10.6 Å². The molecule has 0 spiro atoms. The second-order valence-corrected chi connectivity index (χ2v) is 6.02. The van der Waals surface area contributed by atoms with Crippen LogP contribution in [0.1, 0.15) is 19.8 Å². The molecule has 2 amide bonds. The summed E-state index contributed by atoms with van der Waals surface area (Å²) >= 11 is 3.95. The molecular formula is C12H23N3O10S2. The van der Waals surface area contributed by atoms with E-state index in [4.69, 9.17) is 28.4 Å². The van der Waals surface area contributed by atoms with Gasteiger partial charge >= 0.3 is 22.3 Å². The first-order valence-electron chi connectivity index (χ1n) is 7.33. The molecule has 0 aliphatic rings. The molecule has 0 bridgehead atoms. The summed E-state index contributed by atoms with van der Waals surface area (Å²) in [4.78, 5) is 45.0. The highest BCUT2D eigenvalue weighted by atomic mass is 32.3. The lowest BCUT2D eigenvalue weighted by molar-refractivity contribution is -0.143. The molecule has 0 aliphatic heterocycles. The third kappa shape index (κ3) is 18.6. The third-order valence-corrected chi connectivity index (χ3v) is 2.91. The van der Waals surface area contributed by atoms with Gasteiger partial charge in [0.05, 0.1) is 6.61 Å². The fourth-order valence-corrected chi connectivity index (χ4v) is 1.62. The van der Waals surface area contributed by atoms with Gasteiger partial charge in [-0.2, -0.15) is 21.0 Å². The predicted molar refractivity (Wildman–Crippen MR) is 94.4 cm³/mol. The van der Waals surface area contributed by atoms with E-state index in [1.807, 2.05) is 0 Å². The zero-order chi connectivity index (χ0) is 21.6. The Hall–Kier alpha value is -1.94. The quantitative estimate of drug-likeness (QED) is 0.109. The van der Waals surface area contributed by atoms with Crippen molar-refractivity contribution in [2.24, 2.45) is 5.73 Å². The van der Waals surface area contributed by atoms with Crippen molar-refractivity contribution in [1.29, 1.82) is 0 Å². The molecule has 0 saturated heterocycles. The fraction of sp³-hybridized carbons (Fsp3) is 0.667. The Morgan fingerprint density at radius 2 is 1.74 bits per heavy atom. The lowest BCUT2D eigenvalue weighted by Crippen LogP contribution is -2.49. The zero-order valence-corrected chi connectivity index (χ0v) is 16.0. The maximum atomic E-state index is 11.8. The number of nitrogens with one attached hydrogen (secondary N) is 2. The number of hydrogen-bond donors (Lipinski definition) is 7. The highest BCUT2D eigenvalue weighted by molar-refractivity contribution is 7.80. The average Bonchev–Trinajstić information content (AvgIpc) is 2.53. The number of amides is 2. The van der Waals surface area contributed by atoms with Crippen LogP contribution in [0.2, 0.25) is 0 Å². The minimum absolute atomic E-state index is 0.0192. The number of rotatable bonds is 10. The molecular weight excluding hydrogens is 410 g/mol. The van der Waals surface area contributed by atoms with Crippen LogP contribution in [0.25, 0.3) is 0 Å². The van der Waals surface area contributed by atoms with Crippen LogP contribution in [-0.4, -0.2) is 77.4 Å². The first kappa shape index (κ1) is 27.3. The zero-order valence-electron chi connectivity index (χ0n) is 14.3. The van der Waals surface area contributed by atoms with Crippen molar-refractivity contribution in [2.45, 2.75) is 31.8 Å². The lowest BCUT2D eigenvalue weighted by atomic mass is 10.1. The maximum absolute atomic E-state index is 11.8. The topological polar surface area (TPSA) is 222 Å². The van der Waals surface area contributed by atoms with Gasteiger partial charge in [-0.1, -0.05) is 0 Å². The summed E-state index contributed by atoms with van der Waals surface area (Å²) in [7, 11) is -4.67. The SMILES string of the molecule is CCOC(=O)CNC(=O)C(CS)NC(=O)CCC(N)C(=O)O.O=S(=O)(O)O. The highest BCUT2D eigenvalue weighted by Crippen LogP contribution is 1.97. The van der Waals surface area contributed by atoms with Gasteiger partial charge < -0.3 is 26.2 Å². The Morgan fingerprint density at radius 3 is 2.15 bits per heavy atom. The molecule has 0 heterocycles. The van der Waals surface area contributed by atoms with E-state index < -0.39 is 46.2 Å². The minimum Gasteiger partial charge on any atom is -0.480 e. The molecule has 2 atom stereocenters. The maximum Gasteiger partial charge on any atom is 0.394 e. The smallest absolute Gasteiger partial charge is 0.394 e. The van der Waals surface area contributed by atoms with Gasteiger partial charge in [0.2, 0.25) is 11.8 Å². The normalized spacial score (nSPS) is 12.6. The molecule has 0 radical (unpaired) electrons. The van der Waals surface area contributed by atoms with Gasteiger partial charge in [0.15, 0.2) is 0 Å². The van der Waals surface area contributed by atoms with E-state index in [0.717, 1.165) is 0 Å². The van der Waals surface area contributed by atoms with Crippen molar-refractivity contribution in [3.05, 3.63) is 0 Å². The van der Waals surface area contributed by atoms with E-state index in [-0.39, 0.29) is 31.7 Å². The number of esters is 1. The monoisotopic (exact) mass is 433 g/mol. The second-order valence-electron chi connectivity index (χ2n) is 4.76. The molecule has 13 nitrogen and oxygen atoms in total. The van der Waals surface area contributed by atoms with E-state index in [2.05, 4.69) is 28.0 Å². The Balaban J connectivity index is 0. The number of carbonyl (C=O) groups is 4. The van der Waals surface area contributed by atoms with Crippen molar-refractivity contribution in [3.8, 4) is 0 Å². The van der Waals surface area contributed by atoms with Crippen molar-refractivity contribution >= 4 is 46.8 Å². The summed E-state index contributed by atoms with van der Waals surface area (Å²) in [6, 6.07) is -2.08. The first-order valence-corrected chi connectivity index (χ1v) is 9.36. The van der Waals surface area contributed by atoms with Crippen LogP contribution in [-0.2, 0) is 34.3 Å². The number of carbonyl (C=O) groups excluding carboxylic acids is 3. The van der Waals surface area contributed by atoms with Gasteiger partial charge in [-0.15, -0.1) is 0 Å². The summed E-state index contributed by atoms with van der Waals surface area (Å²) < 4.78 is 36.2. The molecule has 15 heteroatoms. The largest absolute Gasteiger partial charge is 0.480 e. The number of nitrogens with two attached hydrogens (primary N) is 1. The minimum atomic E-state index is -4.67. The summed E-state index contributed by atoms with van der Waals surface area (Å²) in [5.41, 5.74) is 5.27. The van der Waals surface area contributed by atoms with Crippen molar-refractivity contribution in [2.75, 3.05) is 18.9 Å². The van der Waals surface area contributed by atoms with Crippen LogP contribution >= 0.6 is 12.6 Å². The van der Waals surface area contributed by atoms with Gasteiger partial charge in [0.1, 0.15) is 18.6 Å². The number of hydrogen-bond acceptors (Lipinski definition) is 9. The van der Waals surface area contributed by atoms with Crippen molar-refractivity contribution < 1.29 is 46.5 Å². The molecule has 0 rings (SSSR count). The Labute approximate surface area is 161 Å². The van der Waals surface area contributed by atoms with E-state index in [1.165, 1.54) is 0 Å². The van der Waals surface area contributed by atoms with Crippen LogP contribution in [0.5, 0.6) is 0 Å². The average molecular weight is 433 g/mol. The van der Waals surface area contributed by atoms with Gasteiger partial charge in [-0.05, 0) is 13.3 Å². The van der Waals surface area contributed by atoms with E-state index in [0.29, 0.717) is 0 Å². The molecule has 0 aliphatic carbocycles. The molecule has 7 N–H and O–H groups in total.